The fourth-order valence-corrected chi connectivity index (χ4v) is 3.22. The number of amides is 4. The van der Waals surface area contributed by atoms with Crippen LogP contribution in [0.4, 0.5) is 4.79 Å². The van der Waals surface area contributed by atoms with Crippen LogP contribution in [0.25, 0.3) is 0 Å². The standard InChI is InChI=1S/C21H23N3O3/c1-14-9-10-17(15(2)13-14)18(25)23-24-19(26)21(3,22-20(24)27)12-11-16-7-5-4-6-8-16/h4-10,13H,11-12H2,1-3H3,(H,22,27)(H,23,25). The summed E-state index contributed by atoms with van der Waals surface area (Å²) in [5.74, 6) is -0.940. The number of imide groups is 1. The van der Waals surface area contributed by atoms with Gasteiger partial charge in [-0.1, -0.05) is 48.0 Å². The highest BCUT2D eigenvalue weighted by atomic mass is 16.2. The molecule has 1 saturated heterocycles. The van der Waals surface area contributed by atoms with Gasteiger partial charge in [0.1, 0.15) is 5.54 Å². The van der Waals surface area contributed by atoms with Crippen LogP contribution in [-0.4, -0.2) is 28.4 Å². The van der Waals surface area contributed by atoms with Crippen molar-refractivity contribution in [2.45, 2.75) is 39.2 Å². The summed E-state index contributed by atoms with van der Waals surface area (Å²) < 4.78 is 0. The molecule has 1 fully saturated rings. The Morgan fingerprint density at radius 3 is 2.48 bits per heavy atom. The molecule has 3 rings (SSSR count). The van der Waals surface area contributed by atoms with Gasteiger partial charge in [-0.15, -0.1) is 0 Å². The van der Waals surface area contributed by atoms with Crippen molar-refractivity contribution in [3.63, 3.8) is 0 Å². The quantitative estimate of drug-likeness (QED) is 0.800. The summed E-state index contributed by atoms with van der Waals surface area (Å²) in [5, 5.41) is 3.49. The first-order chi connectivity index (χ1) is 12.8. The molecular weight excluding hydrogens is 342 g/mol. The first-order valence-electron chi connectivity index (χ1n) is 8.89. The molecule has 0 aromatic heterocycles. The number of rotatable bonds is 5. The van der Waals surface area contributed by atoms with Crippen LogP contribution in [0.3, 0.4) is 0 Å². The van der Waals surface area contributed by atoms with E-state index in [2.05, 4.69) is 10.7 Å². The fourth-order valence-electron chi connectivity index (χ4n) is 3.22. The molecule has 2 aromatic rings. The highest BCUT2D eigenvalue weighted by Crippen LogP contribution is 2.22. The van der Waals surface area contributed by atoms with E-state index in [-0.39, 0.29) is 0 Å². The number of nitrogens with zero attached hydrogens (tertiary/aromatic N) is 1. The van der Waals surface area contributed by atoms with Crippen LogP contribution in [0.5, 0.6) is 0 Å². The van der Waals surface area contributed by atoms with Crippen molar-refractivity contribution in [1.82, 2.24) is 15.8 Å². The molecule has 6 heteroatoms. The van der Waals surface area contributed by atoms with Gasteiger partial charge in [-0.25, -0.2) is 4.79 Å². The molecule has 0 radical (unpaired) electrons. The van der Waals surface area contributed by atoms with E-state index in [0.29, 0.717) is 18.4 Å². The van der Waals surface area contributed by atoms with Gasteiger partial charge >= 0.3 is 6.03 Å². The third-order valence-electron chi connectivity index (χ3n) is 4.86. The fraction of sp³-hybridized carbons (Fsp3) is 0.286. The van der Waals surface area contributed by atoms with E-state index in [4.69, 9.17) is 0 Å². The van der Waals surface area contributed by atoms with E-state index in [0.717, 1.165) is 21.7 Å². The largest absolute Gasteiger partial charge is 0.344 e. The lowest BCUT2D eigenvalue weighted by Gasteiger charge is -2.21. The van der Waals surface area contributed by atoms with Crippen LogP contribution in [0.2, 0.25) is 0 Å². The maximum atomic E-state index is 12.8. The van der Waals surface area contributed by atoms with Crippen molar-refractivity contribution in [3.05, 3.63) is 70.8 Å². The Morgan fingerprint density at radius 2 is 1.81 bits per heavy atom. The molecule has 1 aliphatic rings. The number of benzene rings is 2. The van der Waals surface area contributed by atoms with E-state index in [1.807, 2.05) is 56.3 Å². The zero-order chi connectivity index (χ0) is 19.6. The minimum absolute atomic E-state index is 0.430. The number of urea groups is 1. The van der Waals surface area contributed by atoms with Gasteiger partial charge in [0.2, 0.25) is 0 Å². The van der Waals surface area contributed by atoms with Gasteiger partial charge in [-0.05, 0) is 50.8 Å². The SMILES string of the molecule is Cc1ccc(C(=O)NN2C(=O)NC(C)(CCc3ccccc3)C2=O)c(C)c1. The van der Waals surface area contributed by atoms with E-state index < -0.39 is 23.4 Å². The first kappa shape index (κ1) is 18.6. The number of hydrogen-bond donors (Lipinski definition) is 2. The molecule has 1 atom stereocenters. The van der Waals surface area contributed by atoms with Gasteiger partial charge < -0.3 is 5.32 Å². The average molecular weight is 365 g/mol. The zero-order valence-corrected chi connectivity index (χ0v) is 15.7. The number of nitrogens with one attached hydrogen (secondary N) is 2. The molecule has 2 aromatic carbocycles. The molecule has 0 saturated carbocycles. The molecule has 4 amide bonds. The van der Waals surface area contributed by atoms with E-state index in [9.17, 15) is 14.4 Å². The smallest absolute Gasteiger partial charge is 0.322 e. The van der Waals surface area contributed by atoms with Crippen molar-refractivity contribution in [1.29, 1.82) is 0 Å². The van der Waals surface area contributed by atoms with Gasteiger partial charge in [0.05, 0.1) is 0 Å². The molecule has 0 spiro atoms. The van der Waals surface area contributed by atoms with Crippen LogP contribution in [0, 0.1) is 13.8 Å². The monoisotopic (exact) mass is 365 g/mol. The summed E-state index contributed by atoms with van der Waals surface area (Å²) in [7, 11) is 0. The molecule has 1 unspecified atom stereocenters. The minimum Gasteiger partial charge on any atom is -0.322 e. The number of hydrazine groups is 1. The Labute approximate surface area is 158 Å². The third kappa shape index (κ3) is 3.84. The number of carbonyl (C=O) groups is 3. The third-order valence-corrected chi connectivity index (χ3v) is 4.86. The van der Waals surface area contributed by atoms with Crippen molar-refractivity contribution < 1.29 is 14.4 Å². The maximum Gasteiger partial charge on any atom is 0.344 e. The van der Waals surface area contributed by atoms with Crippen LogP contribution >= 0.6 is 0 Å². The van der Waals surface area contributed by atoms with Gasteiger partial charge in [0.15, 0.2) is 0 Å². The summed E-state index contributed by atoms with van der Waals surface area (Å²) in [6.07, 6.45) is 1.08. The second-order valence-corrected chi connectivity index (χ2v) is 7.15. The molecule has 140 valence electrons. The zero-order valence-electron chi connectivity index (χ0n) is 15.7. The predicted octanol–water partition coefficient (Wildman–Crippen LogP) is 2.89. The lowest BCUT2D eigenvalue weighted by atomic mass is 9.93. The van der Waals surface area contributed by atoms with Crippen LogP contribution in [0.1, 0.15) is 40.4 Å². The second kappa shape index (κ2) is 7.23. The lowest BCUT2D eigenvalue weighted by Crippen LogP contribution is -2.49. The van der Waals surface area contributed by atoms with Gasteiger partial charge in [-0.2, -0.15) is 5.01 Å². The van der Waals surface area contributed by atoms with Crippen LogP contribution < -0.4 is 10.7 Å². The molecular formula is C21H23N3O3. The average Bonchev–Trinajstić information content (AvgIpc) is 2.84. The molecule has 6 nitrogen and oxygen atoms in total. The topological polar surface area (TPSA) is 78.5 Å². The molecule has 27 heavy (non-hydrogen) atoms. The number of aryl methyl sites for hydroxylation is 3. The Hall–Kier alpha value is -3.15. The normalized spacial score (nSPS) is 19.1. The summed E-state index contributed by atoms with van der Waals surface area (Å²) in [6.45, 7) is 5.43. The van der Waals surface area contributed by atoms with E-state index in [1.165, 1.54) is 0 Å². The number of hydrogen-bond acceptors (Lipinski definition) is 3. The van der Waals surface area contributed by atoms with Gasteiger partial charge in [0, 0.05) is 5.56 Å². The Balaban J connectivity index is 1.70. The molecule has 0 bridgehead atoms. The highest BCUT2D eigenvalue weighted by molar-refractivity contribution is 6.09. The molecule has 1 heterocycles. The molecule has 0 aliphatic carbocycles. The maximum absolute atomic E-state index is 12.8. The van der Waals surface area contributed by atoms with Crippen molar-refractivity contribution in [3.8, 4) is 0 Å². The summed E-state index contributed by atoms with van der Waals surface area (Å²) in [4.78, 5) is 37.6. The number of carbonyl (C=O) groups excluding carboxylic acids is 3. The van der Waals surface area contributed by atoms with E-state index >= 15 is 0 Å². The summed E-state index contributed by atoms with van der Waals surface area (Å²) in [5.41, 5.74) is 4.72. The van der Waals surface area contributed by atoms with Crippen LogP contribution in [0.15, 0.2) is 48.5 Å². The lowest BCUT2D eigenvalue weighted by molar-refractivity contribution is -0.132. The van der Waals surface area contributed by atoms with E-state index in [1.54, 1.807) is 13.0 Å². The Morgan fingerprint density at radius 1 is 1.11 bits per heavy atom. The van der Waals surface area contributed by atoms with Crippen molar-refractivity contribution in [2.24, 2.45) is 0 Å². The molecule has 1 aliphatic heterocycles. The predicted molar refractivity (Wildman–Crippen MR) is 102 cm³/mol. The van der Waals surface area contributed by atoms with Gasteiger partial charge in [-0.3, -0.25) is 15.0 Å². The Kier molecular flexibility index (Phi) is 4.99. The Bertz CT molecular complexity index is 895. The summed E-state index contributed by atoms with van der Waals surface area (Å²) >= 11 is 0. The second-order valence-electron chi connectivity index (χ2n) is 7.15. The van der Waals surface area contributed by atoms with Gasteiger partial charge in [0.25, 0.3) is 11.8 Å². The first-order valence-corrected chi connectivity index (χ1v) is 8.89. The van der Waals surface area contributed by atoms with Crippen molar-refractivity contribution in [2.75, 3.05) is 0 Å². The van der Waals surface area contributed by atoms with Crippen LogP contribution in [-0.2, 0) is 11.2 Å². The molecule has 2 N–H and O–H groups in total. The summed E-state index contributed by atoms with van der Waals surface area (Å²) in [6, 6.07) is 14.5. The minimum atomic E-state index is -1.05. The highest BCUT2D eigenvalue weighted by Gasteiger charge is 2.48. The van der Waals surface area contributed by atoms with Crippen molar-refractivity contribution >= 4 is 17.8 Å².